The monoisotopic (exact) mass is 282 g/mol. The van der Waals surface area contributed by atoms with Crippen molar-refractivity contribution in [2.24, 2.45) is 5.73 Å². The predicted octanol–water partition coefficient (Wildman–Crippen LogP) is 2.41. The molecular weight excluding hydrogens is 267 g/mol. The van der Waals surface area contributed by atoms with Crippen LogP contribution in [0.15, 0.2) is 48.5 Å². The molecule has 0 fully saturated rings. The van der Waals surface area contributed by atoms with Crippen molar-refractivity contribution in [1.82, 2.24) is 0 Å². The molecule has 0 aliphatic carbocycles. The first-order valence-electron chi connectivity index (χ1n) is 6.44. The van der Waals surface area contributed by atoms with Crippen molar-refractivity contribution in [1.29, 1.82) is 0 Å². The first-order valence-corrected chi connectivity index (χ1v) is 6.44. The van der Waals surface area contributed by atoms with Crippen LogP contribution in [0.3, 0.4) is 0 Å². The highest BCUT2D eigenvalue weighted by Gasteiger charge is 2.13. The zero-order valence-corrected chi connectivity index (χ0v) is 11.6. The van der Waals surface area contributed by atoms with Crippen molar-refractivity contribution in [3.8, 4) is 11.8 Å². The number of nitrogens with two attached hydrogens (primary N) is 1. The van der Waals surface area contributed by atoms with Gasteiger partial charge in [0.1, 0.15) is 5.82 Å². The molecule has 2 aromatic rings. The largest absolute Gasteiger partial charge is 0.320 e. The van der Waals surface area contributed by atoms with Crippen molar-refractivity contribution in [3.05, 3.63) is 65.5 Å². The van der Waals surface area contributed by atoms with Crippen LogP contribution in [-0.2, 0) is 0 Å². The summed E-state index contributed by atoms with van der Waals surface area (Å²) in [5.74, 6) is 5.12. The summed E-state index contributed by atoms with van der Waals surface area (Å²) in [6.07, 6.45) is 0. The van der Waals surface area contributed by atoms with Gasteiger partial charge >= 0.3 is 0 Å². The first kappa shape index (κ1) is 14.8. The molecule has 106 valence electrons. The minimum atomic E-state index is -0.335. The molecule has 21 heavy (non-hydrogen) atoms. The molecule has 1 amide bonds. The Morgan fingerprint density at radius 1 is 1.24 bits per heavy atom. The Hall–Kier alpha value is -2.64. The zero-order chi connectivity index (χ0) is 15.2. The van der Waals surface area contributed by atoms with Crippen molar-refractivity contribution < 1.29 is 9.18 Å². The number of hydrogen-bond donors (Lipinski definition) is 1. The van der Waals surface area contributed by atoms with E-state index in [4.69, 9.17) is 5.73 Å². The maximum absolute atomic E-state index is 12.9. The summed E-state index contributed by atoms with van der Waals surface area (Å²) < 4.78 is 12.9. The molecule has 4 heteroatoms. The maximum atomic E-state index is 12.9. The number of carbonyl (C=O) groups is 1. The van der Waals surface area contributed by atoms with Crippen molar-refractivity contribution in [2.45, 2.75) is 0 Å². The topological polar surface area (TPSA) is 46.3 Å². The Bertz CT molecular complexity index is 699. The Kier molecular flexibility index (Phi) is 4.70. The molecule has 3 nitrogen and oxygen atoms in total. The highest BCUT2D eigenvalue weighted by molar-refractivity contribution is 6.05. The van der Waals surface area contributed by atoms with Crippen LogP contribution >= 0.6 is 0 Å². The fraction of sp³-hybridized carbons (Fsp3) is 0.118. The van der Waals surface area contributed by atoms with E-state index in [1.165, 1.54) is 17.0 Å². The molecule has 2 N–H and O–H groups in total. The van der Waals surface area contributed by atoms with Gasteiger partial charge in [-0.3, -0.25) is 4.79 Å². The van der Waals surface area contributed by atoms with Crippen LogP contribution < -0.4 is 10.6 Å². The van der Waals surface area contributed by atoms with Crippen LogP contribution in [0.25, 0.3) is 0 Å². The SMILES string of the molecule is CN(C(=O)c1cccc(C#CCN)c1)c1ccc(F)cc1. The summed E-state index contributed by atoms with van der Waals surface area (Å²) in [7, 11) is 1.65. The molecule has 0 unspecified atom stereocenters. The molecule has 0 spiro atoms. The predicted molar refractivity (Wildman–Crippen MR) is 81.5 cm³/mol. The van der Waals surface area contributed by atoms with Crippen molar-refractivity contribution in [2.75, 3.05) is 18.5 Å². The van der Waals surface area contributed by atoms with Gasteiger partial charge in [-0.1, -0.05) is 17.9 Å². The van der Waals surface area contributed by atoms with E-state index in [9.17, 15) is 9.18 Å². The molecule has 0 aromatic heterocycles. The Balaban J connectivity index is 2.25. The summed E-state index contributed by atoms with van der Waals surface area (Å²) in [5, 5.41) is 0. The molecule has 0 saturated heterocycles. The smallest absolute Gasteiger partial charge is 0.258 e. The van der Waals surface area contributed by atoms with E-state index in [1.807, 2.05) is 6.07 Å². The third-order valence-corrected chi connectivity index (χ3v) is 2.96. The fourth-order valence-corrected chi connectivity index (χ4v) is 1.86. The average Bonchev–Trinajstić information content (AvgIpc) is 2.52. The lowest BCUT2D eigenvalue weighted by molar-refractivity contribution is 0.0993. The molecule has 0 radical (unpaired) electrons. The highest BCUT2D eigenvalue weighted by atomic mass is 19.1. The molecule has 2 aromatic carbocycles. The van der Waals surface area contributed by atoms with Gasteiger partial charge in [0.25, 0.3) is 5.91 Å². The number of amides is 1. The minimum absolute atomic E-state index is 0.182. The Morgan fingerprint density at radius 3 is 2.62 bits per heavy atom. The maximum Gasteiger partial charge on any atom is 0.258 e. The van der Waals surface area contributed by atoms with E-state index in [0.29, 0.717) is 11.3 Å². The zero-order valence-electron chi connectivity index (χ0n) is 11.6. The van der Waals surface area contributed by atoms with Gasteiger partial charge in [-0.05, 0) is 42.5 Å². The summed E-state index contributed by atoms with van der Waals surface area (Å²) >= 11 is 0. The normalized spacial score (nSPS) is 9.67. The molecule has 0 bridgehead atoms. The van der Waals surface area contributed by atoms with E-state index >= 15 is 0 Å². The summed E-state index contributed by atoms with van der Waals surface area (Å²) in [6, 6.07) is 12.8. The number of halogens is 1. The number of hydrogen-bond acceptors (Lipinski definition) is 2. The number of anilines is 1. The first-order chi connectivity index (χ1) is 10.1. The highest BCUT2D eigenvalue weighted by Crippen LogP contribution is 2.16. The van der Waals surface area contributed by atoms with Crippen LogP contribution in [-0.4, -0.2) is 19.5 Å². The Morgan fingerprint density at radius 2 is 1.95 bits per heavy atom. The van der Waals surface area contributed by atoms with Gasteiger partial charge in [0.05, 0.1) is 6.54 Å². The number of rotatable bonds is 2. The van der Waals surface area contributed by atoms with Crippen LogP contribution in [0.5, 0.6) is 0 Å². The lowest BCUT2D eigenvalue weighted by Crippen LogP contribution is -2.26. The van der Waals surface area contributed by atoms with Crippen LogP contribution in [0.1, 0.15) is 15.9 Å². The second-order valence-corrected chi connectivity index (χ2v) is 4.43. The summed E-state index contributed by atoms with van der Waals surface area (Å²) in [6.45, 7) is 0.271. The van der Waals surface area contributed by atoms with Gasteiger partial charge in [0.15, 0.2) is 0 Å². The van der Waals surface area contributed by atoms with Crippen LogP contribution in [0.4, 0.5) is 10.1 Å². The quantitative estimate of drug-likeness (QED) is 0.860. The lowest BCUT2D eigenvalue weighted by atomic mass is 10.1. The lowest BCUT2D eigenvalue weighted by Gasteiger charge is -2.17. The van der Waals surface area contributed by atoms with E-state index in [2.05, 4.69) is 11.8 Å². The molecule has 0 heterocycles. The molecule has 0 aliphatic heterocycles. The standard InChI is InChI=1S/C17H15FN2O/c1-20(16-9-7-15(18)8-10-16)17(21)14-6-2-4-13(12-14)5-3-11-19/h2,4,6-10,12H,11,19H2,1H3. The second kappa shape index (κ2) is 6.69. The van der Waals surface area contributed by atoms with Gasteiger partial charge in [-0.2, -0.15) is 0 Å². The number of nitrogens with zero attached hydrogens (tertiary/aromatic N) is 1. The van der Waals surface area contributed by atoms with Crippen molar-refractivity contribution >= 4 is 11.6 Å². The number of carbonyl (C=O) groups excluding carboxylic acids is 1. The minimum Gasteiger partial charge on any atom is -0.320 e. The fourth-order valence-electron chi connectivity index (χ4n) is 1.86. The van der Waals surface area contributed by atoms with Gasteiger partial charge < -0.3 is 10.6 Å². The van der Waals surface area contributed by atoms with E-state index in [0.717, 1.165) is 5.56 Å². The Labute approximate surface area is 123 Å². The van der Waals surface area contributed by atoms with Crippen LogP contribution in [0, 0.1) is 17.7 Å². The van der Waals surface area contributed by atoms with Crippen LogP contribution in [0.2, 0.25) is 0 Å². The van der Waals surface area contributed by atoms with Gasteiger partial charge in [0.2, 0.25) is 0 Å². The van der Waals surface area contributed by atoms with E-state index < -0.39 is 0 Å². The van der Waals surface area contributed by atoms with E-state index in [-0.39, 0.29) is 18.3 Å². The average molecular weight is 282 g/mol. The molecule has 0 saturated carbocycles. The molecule has 0 atom stereocenters. The van der Waals surface area contributed by atoms with E-state index in [1.54, 1.807) is 37.4 Å². The molecule has 0 aliphatic rings. The molecule has 2 rings (SSSR count). The molecular formula is C17H15FN2O. The van der Waals surface area contributed by atoms with Crippen molar-refractivity contribution in [3.63, 3.8) is 0 Å². The third-order valence-electron chi connectivity index (χ3n) is 2.96. The summed E-state index contributed by atoms with van der Waals surface area (Å²) in [5.41, 5.74) is 7.21. The third kappa shape index (κ3) is 3.68. The van der Waals surface area contributed by atoms with Gasteiger partial charge in [-0.25, -0.2) is 4.39 Å². The van der Waals surface area contributed by atoms with Gasteiger partial charge in [-0.15, -0.1) is 0 Å². The van der Waals surface area contributed by atoms with Gasteiger partial charge in [0, 0.05) is 23.9 Å². The summed E-state index contributed by atoms with van der Waals surface area (Å²) in [4.78, 5) is 13.9. The second-order valence-electron chi connectivity index (χ2n) is 4.43. The number of benzene rings is 2.